The molecule has 0 amide bonds. The first-order valence-corrected chi connectivity index (χ1v) is 5.72. The molecule has 2 aromatic heterocycles. The van der Waals surface area contributed by atoms with Crippen molar-refractivity contribution >= 4 is 21.7 Å². The quantitative estimate of drug-likeness (QED) is 0.887. The molecule has 0 radical (unpaired) electrons. The average molecular weight is 281 g/mol. The van der Waals surface area contributed by atoms with Crippen LogP contribution < -0.4 is 4.90 Å². The zero-order chi connectivity index (χ0) is 11.0. The Labute approximate surface area is 100 Å². The van der Waals surface area contributed by atoms with Gasteiger partial charge in [-0.15, -0.1) is 10.2 Å². The number of hydrogen-bond donors (Lipinski definition) is 1. The van der Waals surface area contributed by atoms with Crippen molar-refractivity contribution in [2.24, 2.45) is 0 Å². The first kappa shape index (κ1) is 9.71. The summed E-state index contributed by atoms with van der Waals surface area (Å²) in [4.78, 5) is 6.50. The number of tetrazole rings is 1. The van der Waals surface area contributed by atoms with Crippen LogP contribution in [0.1, 0.15) is 11.7 Å². The molecule has 1 N–H and O–H groups in total. The third-order valence-corrected chi connectivity index (χ3v) is 3.13. The Morgan fingerprint density at radius 1 is 1.44 bits per heavy atom. The SMILES string of the molecule is Brc1ccnc(N2CC(c3nn[nH]n3)C2)c1. The van der Waals surface area contributed by atoms with E-state index in [-0.39, 0.29) is 0 Å². The number of nitrogens with one attached hydrogen (secondary N) is 1. The number of hydrogen-bond acceptors (Lipinski definition) is 5. The fourth-order valence-electron chi connectivity index (χ4n) is 1.74. The Hall–Kier alpha value is -1.50. The van der Waals surface area contributed by atoms with E-state index in [2.05, 4.69) is 46.4 Å². The molecule has 6 nitrogen and oxygen atoms in total. The van der Waals surface area contributed by atoms with Crippen molar-refractivity contribution in [3.05, 3.63) is 28.6 Å². The van der Waals surface area contributed by atoms with Gasteiger partial charge >= 0.3 is 0 Å². The molecule has 1 saturated heterocycles. The minimum Gasteiger partial charge on any atom is -0.355 e. The van der Waals surface area contributed by atoms with Gasteiger partial charge in [-0.3, -0.25) is 0 Å². The molecule has 3 heterocycles. The second-order valence-electron chi connectivity index (χ2n) is 3.70. The van der Waals surface area contributed by atoms with E-state index in [1.54, 1.807) is 6.20 Å². The van der Waals surface area contributed by atoms with Crippen LogP contribution in [-0.4, -0.2) is 38.7 Å². The minimum absolute atomic E-state index is 0.361. The van der Waals surface area contributed by atoms with Crippen LogP contribution >= 0.6 is 15.9 Å². The van der Waals surface area contributed by atoms with E-state index in [1.807, 2.05) is 12.1 Å². The fourth-order valence-corrected chi connectivity index (χ4v) is 2.06. The van der Waals surface area contributed by atoms with E-state index in [0.717, 1.165) is 29.2 Å². The Bertz CT molecular complexity index is 479. The standard InChI is InChI=1S/C9H9BrN6/c10-7-1-2-11-8(3-7)16-4-6(5-16)9-12-14-15-13-9/h1-3,6H,4-5H2,(H,12,13,14,15). The largest absolute Gasteiger partial charge is 0.355 e. The number of nitrogens with zero attached hydrogens (tertiary/aromatic N) is 5. The first-order valence-electron chi connectivity index (χ1n) is 4.93. The van der Waals surface area contributed by atoms with Crippen molar-refractivity contribution in [3.63, 3.8) is 0 Å². The third-order valence-electron chi connectivity index (χ3n) is 2.64. The van der Waals surface area contributed by atoms with Gasteiger partial charge in [0.05, 0.1) is 5.92 Å². The van der Waals surface area contributed by atoms with E-state index in [0.29, 0.717) is 5.92 Å². The van der Waals surface area contributed by atoms with Gasteiger partial charge in [-0.25, -0.2) is 4.98 Å². The minimum atomic E-state index is 0.361. The molecule has 0 aliphatic carbocycles. The first-order chi connectivity index (χ1) is 7.83. The van der Waals surface area contributed by atoms with Crippen molar-refractivity contribution in [1.29, 1.82) is 0 Å². The number of halogens is 1. The van der Waals surface area contributed by atoms with Gasteiger partial charge in [-0.1, -0.05) is 21.1 Å². The Balaban J connectivity index is 1.69. The number of aromatic amines is 1. The molecule has 0 spiro atoms. The van der Waals surface area contributed by atoms with Crippen LogP contribution in [0.15, 0.2) is 22.8 Å². The molecule has 0 aromatic carbocycles. The summed E-state index contributed by atoms with van der Waals surface area (Å²) in [6.07, 6.45) is 1.79. The van der Waals surface area contributed by atoms with Gasteiger partial charge in [0.25, 0.3) is 0 Å². The van der Waals surface area contributed by atoms with E-state index in [4.69, 9.17) is 0 Å². The zero-order valence-electron chi connectivity index (χ0n) is 8.34. The van der Waals surface area contributed by atoms with E-state index in [9.17, 15) is 0 Å². The molecule has 0 bridgehead atoms. The smallest absolute Gasteiger partial charge is 0.181 e. The van der Waals surface area contributed by atoms with E-state index < -0.39 is 0 Å². The number of anilines is 1. The van der Waals surface area contributed by atoms with Crippen LogP contribution in [0, 0.1) is 0 Å². The fraction of sp³-hybridized carbons (Fsp3) is 0.333. The maximum absolute atomic E-state index is 4.31. The van der Waals surface area contributed by atoms with Gasteiger partial charge in [-0.05, 0) is 12.1 Å². The summed E-state index contributed by atoms with van der Waals surface area (Å²) >= 11 is 3.43. The van der Waals surface area contributed by atoms with Crippen LogP contribution in [-0.2, 0) is 0 Å². The van der Waals surface area contributed by atoms with Crippen molar-refractivity contribution in [2.45, 2.75) is 5.92 Å². The monoisotopic (exact) mass is 280 g/mol. The molecule has 2 aromatic rings. The van der Waals surface area contributed by atoms with Crippen LogP contribution in [0.3, 0.4) is 0 Å². The highest BCUT2D eigenvalue weighted by Crippen LogP contribution is 2.29. The van der Waals surface area contributed by atoms with Gasteiger partial charge in [0.15, 0.2) is 5.82 Å². The number of H-pyrrole nitrogens is 1. The summed E-state index contributed by atoms with van der Waals surface area (Å²) < 4.78 is 1.04. The van der Waals surface area contributed by atoms with Gasteiger partial charge in [0.1, 0.15) is 5.82 Å². The van der Waals surface area contributed by atoms with Gasteiger partial charge < -0.3 is 4.90 Å². The maximum Gasteiger partial charge on any atom is 0.181 e. The van der Waals surface area contributed by atoms with Gasteiger partial charge in [0.2, 0.25) is 0 Å². The Kier molecular flexibility index (Phi) is 2.32. The Morgan fingerprint density at radius 2 is 2.31 bits per heavy atom. The van der Waals surface area contributed by atoms with Crippen LogP contribution in [0.4, 0.5) is 5.82 Å². The second kappa shape index (κ2) is 3.82. The average Bonchev–Trinajstić information content (AvgIpc) is 2.69. The molecule has 3 rings (SSSR count). The topological polar surface area (TPSA) is 70.6 Å². The van der Waals surface area contributed by atoms with Crippen molar-refractivity contribution in [3.8, 4) is 0 Å². The molecule has 0 saturated carbocycles. The third kappa shape index (κ3) is 1.67. The lowest BCUT2D eigenvalue weighted by molar-refractivity contribution is 0.497. The lowest BCUT2D eigenvalue weighted by atomic mass is 10.00. The summed E-state index contributed by atoms with van der Waals surface area (Å²) in [5.74, 6) is 2.12. The molecule has 1 aliphatic heterocycles. The van der Waals surface area contributed by atoms with Gasteiger partial charge in [-0.2, -0.15) is 5.21 Å². The maximum atomic E-state index is 4.31. The molecule has 7 heteroatoms. The number of pyridine rings is 1. The lowest BCUT2D eigenvalue weighted by Gasteiger charge is -2.38. The van der Waals surface area contributed by atoms with E-state index in [1.165, 1.54) is 0 Å². The molecular formula is C9H9BrN6. The van der Waals surface area contributed by atoms with E-state index >= 15 is 0 Å². The highest BCUT2D eigenvalue weighted by Gasteiger charge is 2.31. The molecule has 0 atom stereocenters. The number of aromatic nitrogens is 5. The van der Waals surface area contributed by atoms with Crippen LogP contribution in [0.25, 0.3) is 0 Å². The summed E-state index contributed by atoms with van der Waals surface area (Å²) in [5, 5.41) is 14.0. The summed E-state index contributed by atoms with van der Waals surface area (Å²) in [5.41, 5.74) is 0. The second-order valence-corrected chi connectivity index (χ2v) is 4.62. The normalized spacial score (nSPS) is 16.2. The van der Waals surface area contributed by atoms with Gasteiger partial charge in [0, 0.05) is 23.8 Å². The Morgan fingerprint density at radius 3 is 3.00 bits per heavy atom. The molecular weight excluding hydrogens is 272 g/mol. The number of rotatable bonds is 2. The summed E-state index contributed by atoms with van der Waals surface area (Å²) in [6, 6.07) is 3.92. The predicted octanol–water partition coefficient (Wildman–Crippen LogP) is 0.961. The molecule has 0 unspecified atom stereocenters. The molecule has 1 aliphatic rings. The lowest BCUT2D eigenvalue weighted by Crippen LogP contribution is -2.46. The summed E-state index contributed by atoms with van der Waals surface area (Å²) in [6.45, 7) is 1.78. The highest BCUT2D eigenvalue weighted by atomic mass is 79.9. The zero-order valence-corrected chi connectivity index (χ0v) is 9.92. The van der Waals surface area contributed by atoms with Crippen molar-refractivity contribution in [2.75, 3.05) is 18.0 Å². The van der Waals surface area contributed by atoms with Crippen LogP contribution in [0.5, 0.6) is 0 Å². The molecule has 1 fully saturated rings. The van der Waals surface area contributed by atoms with Crippen LogP contribution in [0.2, 0.25) is 0 Å². The van der Waals surface area contributed by atoms with Crippen molar-refractivity contribution < 1.29 is 0 Å². The molecule has 82 valence electrons. The predicted molar refractivity (Wildman–Crippen MR) is 61.1 cm³/mol. The summed E-state index contributed by atoms with van der Waals surface area (Å²) in [7, 11) is 0. The van der Waals surface area contributed by atoms with Crippen molar-refractivity contribution in [1.82, 2.24) is 25.6 Å². The molecule has 16 heavy (non-hydrogen) atoms. The highest BCUT2D eigenvalue weighted by molar-refractivity contribution is 9.10.